The monoisotopic (exact) mass is 185 g/mol. The second-order valence-corrected chi connectivity index (χ2v) is 3.66. The molecule has 0 radical (unpaired) electrons. The molecule has 0 aromatic rings. The van der Waals surface area contributed by atoms with Crippen LogP contribution >= 0.6 is 0 Å². The third kappa shape index (κ3) is 2.34. The minimum atomic E-state index is -0.512. The number of rotatable bonds is 2. The van der Waals surface area contributed by atoms with Gasteiger partial charge in [-0.2, -0.15) is 0 Å². The van der Waals surface area contributed by atoms with E-state index in [0.717, 1.165) is 19.6 Å². The predicted octanol–water partition coefficient (Wildman–Crippen LogP) is 1.01. The van der Waals surface area contributed by atoms with Gasteiger partial charge in [-0.1, -0.05) is 6.42 Å². The Morgan fingerprint density at radius 1 is 1.31 bits per heavy atom. The van der Waals surface area contributed by atoms with Gasteiger partial charge in [-0.05, 0) is 25.9 Å². The number of nitrogens with zero attached hydrogens (tertiary/aromatic N) is 1. The normalized spacial score (nSPS) is 29.8. The van der Waals surface area contributed by atoms with Crippen LogP contribution in [0.3, 0.4) is 0 Å². The van der Waals surface area contributed by atoms with Crippen LogP contribution in [-0.2, 0) is 9.47 Å². The standard InChI is InChI=1S/C9H15NO3/c11-9-12-7-8(13-9)6-10-4-2-1-3-5-10/h8H,1-7H2. The molecule has 2 saturated heterocycles. The maximum Gasteiger partial charge on any atom is 0.508 e. The van der Waals surface area contributed by atoms with Crippen molar-refractivity contribution in [1.82, 2.24) is 4.90 Å². The van der Waals surface area contributed by atoms with Crippen molar-refractivity contribution in [2.75, 3.05) is 26.2 Å². The van der Waals surface area contributed by atoms with E-state index in [-0.39, 0.29) is 6.10 Å². The quantitative estimate of drug-likeness (QED) is 0.602. The summed E-state index contributed by atoms with van der Waals surface area (Å²) in [5.74, 6) is 0. The van der Waals surface area contributed by atoms with Crippen LogP contribution in [0.4, 0.5) is 4.79 Å². The van der Waals surface area contributed by atoms with Crippen molar-refractivity contribution in [2.24, 2.45) is 0 Å². The lowest BCUT2D eigenvalue weighted by Gasteiger charge is -2.27. The van der Waals surface area contributed by atoms with E-state index in [9.17, 15) is 4.79 Å². The highest BCUT2D eigenvalue weighted by molar-refractivity contribution is 5.61. The Kier molecular flexibility index (Phi) is 2.68. The Labute approximate surface area is 77.8 Å². The molecule has 2 heterocycles. The van der Waals surface area contributed by atoms with E-state index >= 15 is 0 Å². The molecule has 0 amide bonds. The molecule has 1 unspecified atom stereocenters. The zero-order valence-electron chi connectivity index (χ0n) is 7.70. The molecule has 0 aliphatic carbocycles. The average Bonchev–Trinajstić information content (AvgIpc) is 2.53. The van der Waals surface area contributed by atoms with Gasteiger partial charge >= 0.3 is 6.16 Å². The summed E-state index contributed by atoms with van der Waals surface area (Å²) >= 11 is 0. The first-order chi connectivity index (χ1) is 6.34. The summed E-state index contributed by atoms with van der Waals surface area (Å²) in [6.45, 7) is 3.53. The van der Waals surface area contributed by atoms with Gasteiger partial charge in [0, 0.05) is 6.54 Å². The maximum absolute atomic E-state index is 10.6. The maximum atomic E-state index is 10.6. The van der Waals surface area contributed by atoms with Crippen LogP contribution in [0.25, 0.3) is 0 Å². The summed E-state index contributed by atoms with van der Waals surface area (Å²) in [5.41, 5.74) is 0. The molecule has 0 N–H and O–H groups in total. The third-order valence-electron chi connectivity index (χ3n) is 2.56. The predicted molar refractivity (Wildman–Crippen MR) is 46.5 cm³/mol. The van der Waals surface area contributed by atoms with Gasteiger partial charge in [-0.25, -0.2) is 4.79 Å². The number of ether oxygens (including phenoxy) is 2. The van der Waals surface area contributed by atoms with Gasteiger partial charge in [-0.15, -0.1) is 0 Å². The van der Waals surface area contributed by atoms with Crippen LogP contribution in [-0.4, -0.2) is 43.4 Å². The lowest BCUT2D eigenvalue weighted by Crippen LogP contribution is -2.37. The lowest BCUT2D eigenvalue weighted by atomic mass is 10.1. The van der Waals surface area contributed by atoms with E-state index in [4.69, 9.17) is 9.47 Å². The molecule has 74 valence electrons. The molecule has 4 heteroatoms. The number of carbonyl (C=O) groups excluding carboxylic acids is 1. The molecule has 2 aliphatic rings. The number of likely N-dealkylation sites (tertiary alicyclic amines) is 1. The molecule has 4 nitrogen and oxygen atoms in total. The zero-order chi connectivity index (χ0) is 9.10. The summed E-state index contributed by atoms with van der Waals surface area (Å²) in [4.78, 5) is 13.0. The van der Waals surface area contributed by atoms with E-state index in [1.54, 1.807) is 0 Å². The molecule has 2 aliphatic heterocycles. The Hall–Kier alpha value is -0.770. The minimum absolute atomic E-state index is 0.0365. The Bertz CT molecular complexity index is 189. The number of piperidine rings is 1. The number of cyclic esters (lactones) is 2. The summed E-state index contributed by atoms with van der Waals surface area (Å²) < 4.78 is 9.68. The van der Waals surface area contributed by atoms with Gasteiger partial charge in [0.05, 0.1) is 0 Å². The lowest BCUT2D eigenvalue weighted by molar-refractivity contribution is 0.0957. The fourth-order valence-corrected chi connectivity index (χ4v) is 1.89. The first-order valence-corrected chi connectivity index (χ1v) is 4.90. The Morgan fingerprint density at radius 3 is 2.69 bits per heavy atom. The van der Waals surface area contributed by atoms with Gasteiger partial charge in [0.1, 0.15) is 6.61 Å². The van der Waals surface area contributed by atoms with Crippen molar-refractivity contribution in [3.63, 3.8) is 0 Å². The van der Waals surface area contributed by atoms with E-state index in [1.165, 1.54) is 19.3 Å². The van der Waals surface area contributed by atoms with Crippen LogP contribution in [0.1, 0.15) is 19.3 Å². The topological polar surface area (TPSA) is 38.8 Å². The fourth-order valence-electron chi connectivity index (χ4n) is 1.89. The molecular formula is C9H15NO3. The summed E-state index contributed by atoms with van der Waals surface area (Å²) in [6.07, 6.45) is 3.31. The van der Waals surface area contributed by atoms with Crippen molar-refractivity contribution < 1.29 is 14.3 Å². The van der Waals surface area contributed by atoms with Crippen molar-refractivity contribution in [1.29, 1.82) is 0 Å². The number of hydrogen-bond acceptors (Lipinski definition) is 4. The van der Waals surface area contributed by atoms with Gasteiger partial charge in [0.25, 0.3) is 0 Å². The highest BCUT2D eigenvalue weighted by Gasteiger charge is 2.27. The molecule has 0 spiro atoms. The summed E-state index contributed by atoms with van der Waals surface area (Å²) in [5, 5.41) is 0. The van der Waals surface area contributed by atoms with E-state index in [2.05, 4.69) is 4.90 Å². The third-order valence-corrected chi connectivity index (χ3v) is 2.56. The smallest absolute Gasteiger partial charge is 0.430 e. The van der Waals surface area contributed by atoms with E-state index < -0.39 is 6.16 Å². The molecule has 2 rings (SSSR count). The van der Waals surface area contributed by atoms with Crippen molar-refractivity contribution >= 4 is 6.16 Å². The molecule has 2 fully saturated rings. The molecule has 13 heavy (non-hydrogen) atoms. The SMILES string of the molecule is O=C1OCC(CN2CCCCC2)O1. The second-order valence-electron chi connectivity index (χ2n) is 3.66. The van der Waals surface area contributed by atoms with Crippen LogP contribution in [0.15, 0.2) is 0 Å². The summed E-state index contributed by atoms with van der Waals surface area (Å²) in [7, 11) is 0. The molecular weight excluding hydrogens is 170 g/mol. The molecule has 0 bridgehead atoms. The summed E-state index contributed by atoms with van der Waals surface area (Å²) in [6, 6.07) is 0. The molecule has 0 aromatic heterocycles. The first kappa shape index (κ1) is 8.81. The van der Waals surface area contributed by atoms with Crippen LogP contribution < -0.4 is 0 Å². The van der Waals surface area contributed by atoms with Crippen molar-refractivity contribution in [3.05, 3.63) is 0 Å². The number of hydrogen-bond donors (Lipinski definition) is 0. The van der Waals surface area contributed by atoms with E-state index in [1.807, 2.05) is 0 Å². The van der Waals surface area contributed by atoms with Crippen LogP contribution in [0.5, 0.6) is 0 Å². The minimum Gasteiger partial charge on any atom is -0.430 e. The van der Waals surface area contributed by atoms with Crippen LogP contribution in [0.2, 0.25) is 0 Å². The van der Waals surface area contributed by atoms with Gasteiger partial charge in [0.15, 0.2) is 6.10 Å². The van der Waals surface area contributed by atoms with Crippen LogP contribution in [0, 0.1) is 0 Å². The zero-order valence-corrected chi connectivity index (χ0v) is 7.70. The Morgan fingerprint density at radius 2 is 2.08 bits per heavy atom. The first-order valence-electron chi connectivity index (χ1n) is 4.90. The molecule has 0 saturated carbocycles. The van der Waals surface area contributed by atoms with Crippen molar-refractivity contribution in [3.8, 4) is 0 Å². The highest BCUT2D eigenvalue weighted by atomic mass is 16.8. The second kappa shape index (κ2) is 3.96. The molecule has 1 atom stereocenters. The molecule has 0 aromatic carbocycles. The van der Waals surface area contributed by atoms with E-state index in [0.29, 0.717) is 6.61 Å². The van der Waals surface area contributed by atoms with Gasteiger partial charge < -0.3 is 9.47 Å². The van der Waals surface area contributed by atoms with Crippen molar-refractivity contribution in [2.45, 2.75) is 25.4 Å². The largest absolute Gasteiger partial charge is 0.508 e. The van der Waals surface area contributed by atoms with Gasteiger partial charge in [-0.3, -0.25) is 4.90 Å². The number of carbonyl (C=O) groups is 1. The van der Waals surface area contributed by atoms with Gasteiger partial charge in [0.2, 0.25) is 0 Å². The highest BCUT2D eigenvalue weighted by Crippen LogP contribution is 2.13. The Balaban J connectivity index is 1.73. The fraction of sp³-hybridized carbons (Fsp3) is 0.889. The average molecular weight is 185 g/mol.